The standard InChI is InChI=1S/C23H36N4O4Si/c1-15(22(29)31-23(2,3)4)25-21(28)17-13-27(14-30-10-11-32(5,6)7)20-19(17)26-18(12-24-20)16-8-9-16/h12-13,15-16H,8-11,14H2,1-7H3,(H,25,28)/t15-/m0/s1. The molecule has 0 bridgehead atoms. The van der Waals surface area contributed by atoms with Gasteiger partial charge in [-0.25, -0.2) is 14.8 Å². The Morgan fingerprint density at radius 3 is 2.56 bits per heavy atom. The smallest absolute Gasteiger partial charge is 0.328 e. The molecule has 1 fully saturated rings. The third-order valence-electron chi connectivity index (χ3n) is 5.16. The summed E-state index contributed by atoms with van der Waals surface area (Å²) >= 11 is 0. The first-order valence-electron chi connectivity index (χ1n) is 11.3. The Hall–Kier alpha value is -2.26. The Balaban J connectivity index is 1.80. The lowest BCUT2D eigenvalue weighted by atomic mass is 10.2. The van der Waals surface area contributed by atoms with Crippen molar-refractivity contribution >= 4 is 31.1 Å². The van der Waals surface area contributed by atoms with Gasteiger partial charge in [-0.05, 0) is 46.6 Å². The molecule has 0 aromatic carbocycles. The largest absolute Gasteiger partial charge is 0.458 e. The van der Waals surface area contributed by atoms with Gasteiger partial charge in [0.05, 0.1) is 17.5 Å². The maximum absolute atomic E-state index is 13.1. The molecule has 0 spiro atoms. The molecule has 176 valence electrons. The molecule has 2 aromatic heterocycles. The van der Waals surface area contributed by atoms with Crippen molar-refractivity contribution in [3.05, 3.63) is 23.7 Å². The van der Waals surface area contributed by atoms with Gasteiger partial charge in [0.1, 0.15) is 23.9 Å². The fourth-order valence-electron chi connectivity index (χ4n) is 3.17. The van der Waals surface area contributed by atoms with Crippen molar-refractivity contribution in [2.75, 3.05) is 6.61 Å². The number of aromatic nitrogens is 3. The van der Waals surface area contributed by atoms with Gasteiger partial charge >= 0.3 is 5.97 Å². The van der Waals surface area contributed by atoms with Crippen molar-refractivity contribution in [3.63, 3.8) is 0 Å². The van der Waals surface area contributed by atoms with Crippen LogP contribution in [0.15, 0.2) is 12.4 Å². The van der Waals surface area contributed by atoms with Crippen LogP contribution in [0, 0.1) is 0 Å². The van der Waals surface area contributed by atoms with Gasteiger partial charge in [0, 0.05) is 26.8 Å². The number of ether oxygens (including phenoxy) is 2. The van der Waals surface area contributed by atoms with Crippen molar-refractivity contribution in [2.24, 2.45) is 0 Å². The van der Waals surface area contributed by atoms with Crippen LogP contribution in [0.2, 0.25) is 25.7 Å². The molecule has 1 aliphatic carbocycles. The average molecular weight is 461 g/mol. The minimum Gasteiger partial charge on any atom is -0.458 e. The second-order valence-electron chi connectivity index (χ2n) is 10.8. The minimum absolute atomic E-state index is 0.299. The highest BCUT2D eigenvalue weighted by atomic mass is 28.3. The molecule has 1 atom stereocenters. The summed E-state index contributed by atoms with van der Waals surface area (Å²) in [6.07, 6.45) is 5.70. The molecule has 0 radical (unpaired) electrons. The molecule has 1 aliphatic rings. The zero-order valence-electron chi connectivity index (χ0n) is 20.3. The fraction of sp³-hybridized carbons (Fsp3) is 0.652. The highest BCUT2D eigenvalue weighted by molar-refractivity contribution is 6.76. The van der Waals surface area contributed by atoms with E-state index in [0.717, 1.165) is 24.6 Å². The summed E-state index contributed by atoms with van der Waals surface area (Å²) in [6.45, 7) is 14.9. The fourth-order valence-corrected chi connectivity index (χ4v) is 3.93. The highest BCUT2D eigenvalue weighted by Gasteiger charge is 2.29. The Morgan fingerprint density at radius 2 is 1.97 bits per heavy atom. The Bertz CT molecular complexity index is 986. The van der Waals surface area contributed by atoms with Crippen LogP contribution in [0.5, 0.6) is 0 Å². The van der Waals surface area contributed by atoms with Gasteiger partial charge in [0.15, 0.2) is 5.65 Å². The van der Waals surface area contributed by atoms with Crippen molar-refractivity contribution in [1.82, 2.24) is 19.9 Å². The van der Waals surface area contributed by atoms with Crippen LogP contribution in [-0.4, -0.2) is 52.7 Å². The highest BCUT2D eigenvalue weighted by Crippen LogP contribution is 2.39. The topological polar surface area (TPSA) is 95.3 Å². The van der Waals surface area contributed by atoms with E-state index in [0.29, 0.717) is 36.0 Å². The summed E-state index contributed by atoms with van der Waals surface area (Å²) in [5, 5.41) is 2.75. The molecule has 3 rings (SSSR count). The minimum atomic E-state index is -1.19. The summed E-state index contributed by atoms with van der Waals surface area (Å²) in [6, 6.07) is 0.275. The Morgan fingerprint density at radius 1 is 1.28 bits per heavy atom. The van der Waals surface area contributed by atoms with Gasteiger partial charge in [0.25, 0.3) is 5.91 Å². The first kappa shape index (κ1) is 24.4. The second kappa shape index (κ2) is 9.31. The third kappa shape index (κ3) is 6.62. The number of fused-ring (bicyclic) bond motifs is 1. The Labute approximate surface area is 191 Å². The van der Waals surface area contributed by atoms with E-state index in [4.69, 9.17) is 14.5 Å². The molecular formula is C23H36N4O4Si. The molecule has 32 heavy (non-hydrogen) atoms. The number of nitrogens with one attached hydrogen (secondary N) is 1. The predicted octanol–water partition coefficient (Wildman–Crippen LogP) is 4.08. The summed E-state index contributed by atoms with van der Waals surface area (Å²) in [7, 11) is -1.19. The molecule has 0 aliphatic heterocycles. The van der Waals surface area contributed by atoms with Gasteiger partial charge in [-0.15, -0.1) is 0 Å². The van der Waals surface area contributed by atoms with Gasteiger partial charge in [-0.2, -0.15) is 0 Å². The first-order chi connectivity index (χ1) is 14.8. The molecule has 1 saturated carbocycles. The van der Waals surface area contributed by atoms with E-state index in [9.17, 15) is 9.59 Å². The lowest BCUT2D eigenvalue weighted by molar-refractivity contribution is -0.156. The number of rotatable bonds is 9. The summed E-state index contributed by atoms with van der Waals surface area (Å²) in [5.41, 5.74) is 1.82. The van der Waals surface area contributed by atoms with Gasteiger partial charge in [-0.3, -0.25) is 4.79 Å². The lowest BCUT2D eigenvalue weighted by Gasteiger charge is -2.22. The quantitative estimate of drug-likeness (QED) is 0.344. The molecule has 1 amide bonds. The summed E-state index contributed by atoms with van der Waals surface area (Å²) < 4.78 is 13.1. The zero-order chi connectivity index (χ0) is 23.7. The van der Waals surface area contributed by atoms with E-state index in [1.807, 2.05) is 4.57 Å². The van der Waals surface area contributed by atoms with Crippen LogP contribution in [0.25, 0.3) is 11.2 Å². The van der Waals surface area contributed by atoms with Gasteiger partial charge in [0.2, 0.25) is 0 Å². The van der Waals surface area contributed by atoms with Crippen LogP contribution in [0.1, 0.15) is 62.5 Å². The van der Waals surface area contributed by atoms with E-state index >= 15 is 0 Å². The zero-order valence-corrected chi connectivity index (χ0v) is 21.3. The van der Waals surface area contributed by atoms with Gasteiger partial charge < -0.3 is 19.4 Å². The number of hydrogen-bond acceptors (Lipinski definition) is 6. The van der Waals surface area contributed by atoms with Crippen molar-refractivity contribution < 1.29 is 19.1 Å². The molecule has 0 unspecified atom stereocenters. The summed E-state index contributed by atoms with van der Waals surface area (Å²) in [4.78, 5) is 34.7. The first-order valence-corrected chi connectivity index (χ1v) is 15.0. The average Bonchev–Trinajstić information content (AvgIpc) is 3.45. The van der Waals surface area contributed by atoms with Crippen molar-refractivity contribution in [2.45, 2.75) is 90.5 Å². The molecule has 0 saturated heterocycles. The number of carbonyl (C=O) groups is 2. The maximum Gasteiger partial charge on any atom is 0.328 e. The number of carbonyl (C=O) groups excluding carboxylic acids is 2. The third-order valence-corrected chi connectivity index (χ3v) is 6.86. The van der Waals surface area contributed by atoms with Crippen LogP contribution in [-0.2, 0) is 21.0 Å². The van der Waals surface area contributed by atoms with E-state index in [1.165, 1.54) is 0 Å². The number of amides is 1. The van der Waals surface area contributed by atoms with Crippen LogP contribution >= 0.6 is 0 Å². The molecule has 8 nitrogen and oxygen atoms in total. The Kier molecular flexibility index (Phi) is 7.09. The predicted molar refractivity (Wildman–Crippen MR) is 126 cm³/mol. The molecule has 9 heteroatoms. The SMILES string of the molecule is C[C@H](NC(=O)c1cn(COCC[Si](C)(C)C)c2ncc(C3CC3)nc12)C(=O)OC(C)(C)C. The number of nitrogens with zero attached hydrogens (tertiary/aromatic N) is 3. The van der Waals surface area contributed by atoms with E-state index in [-0.39, 0.29) is 5.91 Å². The van der Waals surface area contributed by atoms with E-state index < -0.39 is 25.7 Å². The van der Waals surface area contributed by atoms with Crippen molar-refractivity contribution in [1.29, 1.82) is 0 Å². The van der Waals surface area contributed by atoms with Crippen LogP contribution < -0.4 is 5.32 Å². The molecule has 1 N–H and O–H groups in total. The molecule has 2 aromatic rings. The normalized spacial score (nSPS) is 15.6. The van der Waals surface area contributed by atoms with E-state index in [2.05, 4.69) is 29.9 Å². The van der Waals surface area contributed by atoms with Crippen LogP contribution in [0.3, 0.4) is 0 Å². The second-order valence-corrected chi connectivity index (χ2v) is 16.5. The lowest BCUT2D eigenvalue weighted by Crippen LogP contribution is -2.42. The van der Waals surface area contributed by atoms with E-state index in [1.54, 1.807) is 40.1 Å². The van der Waals surface area contributed by atoms with Crippen LogP contribution in [0.4, 0.5) is 0 Å². The van der Waals surface area contributed by atoms with Gasteiger partial charge in [-0.1, -0.05) is 19.6 Å². The summed E-state index contributed by atoms with van der Waals surface area (Å²) in [5.74, 6) is -0.440. The van der Waals surface area contributed by atoms with Crippen molar-refractivity contribution in [3.8, 4) is 0 Å². The monoisotopic (exact) mass is 460 g/mol. The molecule has 2 heterocycles. The maximum atomic E-state index is 13.1. The number of esters is 1. The molecular weight excluding hydrogens is 424 g/mol. The number of hydrogen-bond donors (Lipinski definition) is 1.